The van der Waals surface area contributed by atoms with Gasteiger partial charge in [0.2, 0.25) is 0 Å². The molecule has 0 amide bonds. The molecule has 0 aromatic rings. The number of allylic oxidation sites excluding steroid dienone is 2. The van der Waals surface area contributed by atoms with E-state index in [0.717, 1.165) is 0 Å². The average Bonchev–Trinajstić information content (AvgIpc) is 3.20. The van der Waals surface area contributed by atoms with Crippen LogP contribution in [0.2, 0.25) is 0 Å². The van der Waals surface area contributed by atoms with Crippen LogP contribution in [-0.2, 0) is 24.1 Å². The minimum absolute atomic E-state index is 0.0543. The Hall–Kier alpha value is -0.790. The molecule has 0 spiro atoms. The Labute approximate surface area is 282 Å². The van der Waals surface area contributed by atoms with Gasteiger partial charge in [-0.2, -0.15) is 8.42 Å². The maximum absolute atomic E-state index is 12.5. The molecule has 4 aliphatic carbocycles. The van der Waals surface area contributed by atoms with E-state index in [4.69, 9.17) is 14.0 Å². The summed E-state index contributed by atoms with van der Waals surface area (Å²) >= 11 is 0. The van der Waals surface area contributed by atoms with Gasteiger partial charge >= 0.3 is 10.4 Å². The molecule has 0 aromatic heterocycles. The van der Waals surface area contributed by atoms with Gasteiger partial charge in [0.25, 0.3) is 0 Å². The first-order chi connectivity index (χ1) is 22.3. The highest BCUT2D eigenvalue weighted by Gasteiger charge is 2.72. The van der Waals surface area contributed by atoms with Crippen LogP contribution in [0.4, 0.5) is 0 Å². The monoisotopic (exact) mass is 708 g/mol. The maximum atomic E-state index is 12.5. The summed E-state index contributed by atoms with van der Waals surface area (Å²) in [7, 11) is -5.00. The predicted octanol–water partition coefficient (Wildman–Crippen LogP) is -0.104. The molecule has 9 N–H and O–H groups in total. The highest BCUT2D eigenvalue weighted by atomic mass is 32.3. The Kier molecular flexibility index (Phi) is 11.2. The molecule has 5 fully saturated rings. The second-order valence-electron chi connectivity index (χ2n) is 16.0. The summed E-state index contributed by atoms with van der Waals surface area (Å²) in [5, 5.41) is 87.5. The van der Waals surface area contributed by atoms with Crippen molar-refractivity contribution < 1.29 is 67.5 Å². The van der Waals surface area contributed by atoms with Crippen LogP contribution in [0.15, 0.2) is 12.2 Å². The fourth-order valence-electron chi connectivity index (χ4n) is 10.8. The van der Waals surface area contributed by atoms with Crippen LogP contribution in [0, 0.1) is 46.3 Å². The van der Waals surface area contributed by atoms with E-state index in [9.17, 15) is 49.3 Å². The summed E-state index contributed by atoms with van der Waals surface area (Å²) in [5.74, 6) is -1.53. The van der Waals surface area contributed by atoms with E-state index in [-0.39, 0.29) is 48.0 Å². The van der Waals surface area contributed by atoms with Gasteiger partial charge in [0.05, 0.1) is 43.2 Å². The molecule has 5 rings (SSSR count). The van der Waals surface area contributed by atoms with Crippen molar-refractivity contribution in [2.75, 3.05) is 13.2 Å². The third kappa shape index (κ3) is 6.77. The molecule has 1 saturated heterocycles. The maximum Gasteiger partial charge on any atom is 0.397 e. The van der Waals surface area contributed by atoms with Crippen LogP contribution >= 0.6 is 0 Å². The van der Waals surface area contributed by atoms with Gasteiger partial charge in [-0.25, -0.2) is 4.18 Å². The third-order valence-corrected chi connectivity index (χ3v) is 13.5. The van der Waals surface area contributed by atoms with E-state index in [1.54, 1.807) is 0 Å². The van der Waals surface area contributed by atoms with Gasteiger partial charge in [-0.05, 0) is 78.9 Å². The van der Waals surface area contributed by atoms with Crippen molar-refractivity contribution in [3.63, 3.8) is 0 Å². The molecule has 18 atom stereocenters. The van der Waals surface area contributed by atoms with Crippen LogP contribution < -0.4 is 0 Å². The van der Waals surface area contributed by atoms with Crippen molar-refractivity contribution in [1.82, 2.24) is 0 Å². The molecule has 48 heavy (non-hydrogen) atoms. The minimum Gasteiger partial charge on any atom is -0.394 e. The summed E-state index contributed by atoms with van der Waals surface area (Å²) in [6, 6.07) is 0. The van der Waals surface area contributed by atoms with Gasteiger partial charge in [0.15, 0.2) is 6.29 Å². The molecular weight excluding hydrogens is 652 g/mol. The Bertz CT molecular complexity index is 1260. The standard InChI is InChI=1S/C33H56O14S/c1-16(9-12-45-30-27(40)25(38)28(21(15-34)46-30)47-48(42,43)44)5-6-17(2)23-24(37)26(39)29-32(23,4)11-8-22-31(3)10-7-18(35)13-19(31)20(36)14-33(22,29)41/h5-6,16-30,34-41H,7-15H2,1-4H3,(H,42,43,44)/b6-5+/t16?,17-,18+,19?,20+,21-,22?,23+,24-,25-,26-,27-,28-,29?,30-,31+,32-,33+/m1/s1. The molecule has 4 unspecified atom stereocenters. The van der Waals surface area contributed by atoms with Gasteiger partial charge in [-0.3, -0.25) is 4.55 Å². The molecule has 5 aliphatic rings. The molecule has 0 radical (unpaired) electrons. The lowest BCUT2D eigenvalue weighted by molar-refractivity contribution is -0.297. The van der Waals surface area contributed by atoms with Crippen molar-refractivity contribution in [1.29, 1.82) is 0 Å². The predicted molar refractivity (Wildman–Crippen MR) is 169 cm³/mol. The highest BCUT2D eigenvalue weighted by molar-refractivity contribution is 7.80. The fraction of sp³-hybridized carbons (Fsp3) is 0.939. The van der Waals surface area contributed by atoms with Crippen LogP contribution in [0.3, 0.4) is 0 Å². The molecule has 4 saturated carbocycles. The topological polar surface area (TPSA) is 244 Å². The summed E-state index contributed by atoms with van der Waals surface area (Å²) in [6.45, 7) is 7.36. The first-order valence-electron chi connectivity index (χ1n) is 17.3. The highest BCUT2D eigenvalue weighted by Crippen LogP contribution is 2.69. The van der Waals surface area contributed by atoms with Gasteiger partial charge < -0.3 is 50.3 Å². The van der Waals surface area contributed by atoms with Gasteiger partial charge in [-0.15, -0.1) is 0 Å². The number of hydrogen-bond donors (Lipinski definition) is 9. The summed E-state index contributed by atoms with van der Waals surface area (Å²) in [4.78, 5) is 0. The SMILES string of the molecule is CC(/C=C/[C@@H](C)[C@H]1[C@@H](O)[C@@H](O)C2[C@]3(O)C[C@H](O)C4C[C@@H](O)CC[C@]4(C)C3CC[C@@]21C)CCO[C@@H]1O[C@H](CO)[C@@H](OS(=O)(=O)O)[C@H](O)[C@H]1O. The first-order valence-corrected chi connectivity index (χ1v) is 18.7. The number of aliphatic hydroxyl groups excluding tert-OH is 7. The van der Waals surface area contributed by atoms with Crippen molar-refractivity contribution in [3.05, 3.63) is 12.2 Å². The third-order valence-electron chi connectivity index (χ3n) is 13.0. The number of aliphatic hydroxyl groups is 8. The van der Waals surface area contributed by atoms with Crippen molar-refractivity contribution in [3.8, 4) is 0 Å². The Morgan fingerprint density at radius 3 is 2.25 bits per heavy atom. The Balaban J connectivity index is 1.22. The average molecular weight is 709 g/mol. The van der Waals surface area contributed by atoms with E-state index < -0.39 is 89.1 Å². The molecule has 278 valence electrons. The van der Waals surface area contributed by atoms with E-state index in [0.29, 0.717) is 38.5 Å². The van der Waals surface area contributed by atoms with Crippen molar-refractivity contribution >= 4 is 10.4 Å². The second-order valence-corrected chi connectivity index (χ2v) is 17.0. The van der Waals surface area contributed by atoms with Gasteiger partial charge in [0, 0.05) is 12.3 Å². The lowest BCUT2D eigenvalue weighted by Crippen LogP contribution is -2.68. The van der Waals surface area contributed by atoms with E-state index in [1.165, 1.54) is 0 Å². The molecule has 15 heteroatoms. The number of fused-ring (bicyclic) bond motifs is 5. The zero-order valence-corrected chi connectivity index (χ0v) is 29.0. The van der Waals surface area contributed by atoms with E-state index >= 15 is 0 Å². The van der Waals surface area contributed by atoms with Crippen LogP contribution in [-0.4, -0.2) is 128 Å². The van der Waals surface area contributed by atoms with Crippen molar-refractivity contribution in [2.45, 2.75) is 133 Å². The number of rotatable bonds is 10. The molecule has 0 aromatic carbocycles. The van der Waals surface area contributed by atoms with Crippen LogP contribution in [0.1, 0.15) is 72.6 Å². The van der Waals surface area contributed by atoms with E-state index in [2.05, 4.69) is 11.1 Å². The Morgan fingerprint density at radius 2 is 1.60 bits per heavy atom. The minimum atomic E-state index is -5.00. The molecular formula is C33H56O14S. The lowest BCUT2D eigenvalue weighted by atomic mass is 9.42. The number of hydrogen-bond acceptors (Lipinski definition) is 13. The molecule has 14 nitrogen and oxygen atoms in total. The van der Waals surface area contributed by atoms with E-state index in [1.807, 2.05) is 32.9 Å². The summed E-state index contributed by atoms with van der Waals surface area (Å²) in [5.41, 5.74) is -2.35. The quantitative estimate of drug-likeness (QED) is 0.106. The zero-order chi connectivity index (χ0) is 35.6. The van der Waals surface area contributed by atoms with Gasteiger partial charge in [0.1, 0.15) is 24.4 Å². The lowest BCUT2D eigenvalue weighted by Gasteiger charge is -2.65. The van der Waals surface area contributed by atoms with Crippen molar-refractivity contribution in [2.24, 2.45) is 46.3 Å². The molecule has 1 aliphatic heterocycles. The smallest absolute Gasteiger partial charge is 0.394 e. The molecule has 1 heterocycles. The Morgan fingerprint density at radius 1 is 0.938 bits per heavy atom. The second kappa shape index (κ2) is 14.0. The first kappa shape index (κ1) is 38.4. The largest absolute Gasteiger partial charge is 0.397 e. The normalized spacial score (nSPS) is 50.8. The van der Waals surface area contributed by atoms with Crippen LogP contribution in [0.25, 0.3) is 0 Å². The fourth-order valence-corrected chi connectivity index (χ4v) is 11.4. The summed E-state index contributed by atoms with van der Waals surface area (Å²) < 4.78 is 46.6. The summed E-state index contributed by atoms with van der Waals surface area (Å²) in [6.07, 6.45) is -3.92. The zero-order valence-electron chi connectivity index (χ0n) is 28.2. The number of ether oxygens (including phenoxy) is 2. The van der Waals surface area contributed by atoms with Crippen LogP contribution in [0.5, 0.6) is 0 Å². The van der Waals surface area contributed by atoms with Gasteiger partial charge in [-0.1, -0.05) is 39.8 Å². The molecule has 0 bridgehead atoms.